The van der Waals surface area contributed by atoms with E-state index in [-0.39, 0.29) is 25.8 Å². The number of ether oxygens (including phenoxy) is 1. The molecule has 0 radical (unpaired) electrons. The molecule has 0 rings (SSSR count). The molecule has 0 heterocycles. The maximum atomic E-state index is 11.2. The van der Waals surface area contributed by atoms with Gasteiger partial charge >= 0.3 is 5.97 Å². The van der Waals surface area contributed by atoms with E-state index in [9.17, 15) is 9.59 Å². The number of amides is 1. The predicted molar refractivity (Wildman–Crippen MR) is 65.1 cm³/mol. The van der Waals surface area contributed by atoms with Crippen LogP contribution in [0.1, 0.15) is 47.9 Å². The van der Waals surface area contributed by atoms with Gasteiger partial charge in [0.15, 0.2) is 0 Å². The minimum atomic E-state index is -0.222. The Labute approximate surface area is 99.2 Å². The molecule has 4 nitrogen and oxygen atoms in total. The Bertz CT molecular complexity index is 220. The van der Waals surface area contributed by atoms with Crippen LogP contribution in [0.15, 0.2) is 0 Å². The van der Waals surface area contributed by atoms with Crippen molar-refractivity contribution in [3.63, 3.8) is 0 Å². The monoisotopic (exact) mass is 231 g/mol. The molecule has 0 bridgehead atoms. The Balaban J connectivity index is 0. The molecule has 0 fully saturated rings. The first-order valence-corrected chi connectivity index (χ1v) is 6.01. The fourth-order valence-corrected chi connectivity index (χ4v) is 1.13. The molecule has 0 aliphatic heterocycles. The Morgan fingerprint density at radius 3 is 2.56 bits per heavy atom. The molecular formula is C12H25NO3. The summed E-state index contributed by atoms with van der Waals surface area (Å²) in [5.41, 5.74) is 0. The van der Waals surface area contributed by atoms with Crippen LogP contribution in [-0.2, 0) is 14.3 Å². The lowest BCUT2D eigenvalue weighted by atomic mass is 10.2. The zero-order chi connectivity index (χ0) is 12.4. The van der Waals surface area contributed by atoms with Crippen molar-refractivity contribution in [2.45, 2.75) is 46.5 Å². The van der Waals surface area contributed by atoms with Gasteiger partial charge in [-0.2, -0.15) is 0 Å². The summed E-state index contributed by atoms with van der Waals surface area (Å²) in [6, 6.07) is 0. The molecule has 0 aromatic rings. The summed E-state index contributed by atoms with van der Waals surface area (Å²) in [7, 11) is 0. The van der Waals surface area contributed by atoms with Crippen LogP contribution in [0, 0.1) is 5.92 Å². The van der Waals surface area contributed by atoms with Crippen molar-refractivity contribution in [3.05, 3.63) is 0 Å². The van der Waals surface area contributed by atoms with E-state index in [4.69, 9.17) is 4.74 Å². The normalized spacial score (nSPS) is 10.2. The van der Waals surface area contributed by atoms with Crippen molar-refractivity contribution in [1.82, 2.24) is 5.32 Å². The molecule has 0 saturated carbocycles. The number of hydrogen-bond acceptors (Lipinski definition) is 3. The number of carbonyl (C=O) groups excluding carboxylic acids is 2. The minimum Gasteiger partial charge on any atom is -0.464 e. The molecule has 96 valence electrons. The highest BCUT2D eigenvalue weighted by atomic mass is 16.5. The van der Waals surface area contributed by atoms with Crippen LogP contribution >= 0.6 is 0 Å². The highest BCUT2D eigenvalue weighted by Gasteiger charge is 2.07. The van der Waals surface area contributed by atoms with Gasteiger partial charge in [0.2, 0.25) is 5.91 Å². The van der Waals surface area contributed by atoms with Crippen molar-refractivity contribution in [2.75, 3.05) is 13.2 Å². The summed E-state index contributed by atoms with van der Waals surface area (Å²) in [4.78, 5) is 22.3. The number of rotatable bonds is 8. The quantitative estimate of drug-likeness (QED) is 0.514. The third-order valence-electron chi connectivity index (χ3n) is 2.15. The summed E-state index contributed by atoms with van der Waals surface area (Å²) in [6.07, 6.45) is 3.68. The SMILES string of the molecule is CCCCCC(=O)NCCOC(=O)C(C)C.[HH]. The highest BCUT2D eigenvalue weighted by molar-refractivity contribution is 5.75. The van der Waals surface area contributed by atoms with E-state index in [1.165, 1.54) is 0 Å². The first-order valence-electron chi connectivity index (χ1n) is 6.01. The van der Waals surface area contributed by atoms with Crippen LogP contribution in [0.4, 0.5) is 0 Å². The average molecular weight is 231 g/mol. The van der Waals surface area contributed by atoms with Gasteiger partial charge in [0, 0.05) is 7.85 Å². The van der Waals surface area contributed by atoms with E-state index in [1.54, 1.807) is 13.8 Å². The van der Waals surface area contributed by atoms with E-state index < -0.39 is 0 Å². The molecule has 0 aliphatic carbocycles. The lowest BCUT2D eigenvalue weighted by molar-refractivity contribution is -0.147. The minimum absolute atomic E-state index is 0. The second-order valence-corrected chi connectivity index (χ2v) is 4.13. The van der Waals surface area contributed by atoms with Gasteiger partial charge in [0.25, 0.3) is 0 Å². The summed E-state index contributed by atoms with van der Waals surface area (Å²) in [5, 5.41) is 2.72. The highest BCUT2D eigenvalue weighted by Crippen LogP contribution is 1.98. The van der Waals surface area contributed by atoms with E-state index in [0.29, 0.717) is 13.0 Å². The van der Waals surface area contributed by atoms with Gasteiger partial charge in [-0.3, -0.25) is 9.59 Å². The summed E-state index contributed by atoms with van der Waals surface area (Å²) in [6.45, 7) is 6.33. The molecule has 0 aromatic carbocycles. The predicted octanol–water partition coefficient (Wildman–Crippen LogP) is 2.13. The van der Waals surface area contributed by atoms with Gasteiger partial charge < -0.3 is 10.1 Å². The number of nitrogens with one attached hydrogen (secondary N) is 1. The van der Waals surface area contributed by atoms with Crippen molar-refractivity contribution in [3.8, 4) is 0 Å². The zero-order valence-corrected chi connectivity index (χ0v) is 10.5. The Kier molecular flexibility index (Phi) is 8.58. The Morgan fingerprint density at radius 1 is 1.31 bits per heavy atom. The van der Waals surface area contributed by atoms with Crippen LogP contribution in [0.3, 0.4) is 0 Å². The third-order valence-corrected chi connectivity index (χ3v) is 2.15. The molecule has 1 amide bonds. The number of carbonyl (C=O) groups is 2. The van der Waals surface area contributed by atoms with Gasteiger partial charge in [-0.25, -0.2) is 0 Å². The van der Waals surface area contributed by atoms with Gasteiger partial charge in [0.1, 0.15) is 6.61 Å². The van der Waals surface area contributed by atoms with Crippen LogP contribution in [0.5, 0.6) is 0 Å². The van der Waals surface area contributed by atoms with Crippen LogP contribution < -0.4 is 5.32 Å². The first kappa shape index (κ1) is 14.9. The van der Waals surface area contributed by atoms with Gasteiger partial charge in [-0.15, -0.1) is 0 Å². The maximum absolute atomic E-state index is 11.2. The van der Waals surface area contributed by atoms with E-state index in [2.05, 4.69) is 12.2 Å². The van der Waals surface area contributed by atoms with Gasteiger partial charge in [0.05, 0.1) is 12.5 Å². The fourth-order valence-electron chi connectivity index (χ4n) is 1.13. The third kappa shape index (κ3) is 8.26. The molecule has 0 unspecified atom stereocenters. The van der Waals surface area contributed by atoms with E-state index in [1.807, 2.05) is 0 Å². The van der Waals surface area contributed by atoms with Crippen molar-refractivity contribution in [2.24, 2.45) is 5.92 Å². The number of hydrogen-bond donors (Lipinski definition) is 1. The summed E-state index contributed by atoms with van der Waals surface area (Å²) >= 11 is 0. The Morgan fingerprint density at radius 2 is 2.00 bits per heavy atom. The van der Waals surface area contributed by atoms with Crippen molar-refractivity contribution >= 4 is 11.9 Å². The standard InChI is InChI=1S/C12H23NO3.H2/c1-4-5-6-7-11(14)13-8-9-16-12(15)10(2)3;/h10H,4-9H2,1-3H3,(H,13,14);1H. The number of esters is 1. The lowest BCUT2D eigenvalue weighted by Crippen LogP contribution is -2.28. The molecule has 0 atom stereocenters. The fraction of sp³-hybridized carbons (Fsp3) is 0.833. The smallest absolute Gasteiger partial charge is 0.308 e. The van der Waals surface area contributed by atoms with Crippen LogP contribution in [0.2, 0.25) is 0 Å². The first-order chi connectivity index (χ1) is 7.57. The summed E-state index contributed by atoms with van der Waals surface area (Å²) in [5.74, 6) is -0.297. The van der Waals surface area contributed by atoms with Crippen LogP contribution in [0.25, 0.3) is 0 Å². The second kappa shape index (κ2) is 9.19. The topological polar surface area (TPSA) is 55.4 Å². The molecule has 0 aliphatic rings. The maximum Gasteiger partial charge on any atom is 0.308 e. The van der Waals surface area contributed by atoms with E-state index >= 15 is 0 Å². The average Bonchev–Trinajstić information content (AvgIpc) is 2.24. The van der Waals surface area contributed by atoms with Crippen molar-refractivity contribution < 1.29 is 15.8 Å². The largest absolute Gasteiger partial charge is 0.464 e. The molecule has 16 heavy (non-hydrogen) atoms. The molecule has 4 heteroatoms. The zero-order valence-electron chi connectivity index (χ0n) is 10.5. The molecule has 0 saturated heterocycles. The second-order valence-electron chi connectivity index (χ2n) is 4.13. The van der Waals surface area contributed by atoms with E-state index in [0.717, 1.165) is 19.3 Å². The molecular weight excluding hydrogens is 206 g/mol. The van der Waals surface area contributed by atoms with Crippen LogP contribution in [-0.4, -0.2) is 25.0 Å². The number of unbranched alkanes of at least 4 members (excludes halogenated alkanes) is 2. The van der Waals surface area contributed by atoms with Gasteiger partial charge in [-0.1, -0.05) is 33.6 Å². The van der Waals surface area contributed by atoms with Crippen molar-refractivity contribution in [1.29, 1.82) is 0 Å². The molecule has 0 spiro atoms. The Hall–Kier alpha value is -1.06. The molecule has 0 aromatic heterocycles. The lowest BCUT2D eigenvalue weighted by Gasteiger charge is -2.08. The summed E-state index contributed by atoms with van der Waals surface area (Å²) < 4.78 is 4.93. The molecule has 1 N–H and O–H groups in total. The van der Waals surface area contributed by atoms with Gasteiger partial charge in [-0.05, 0) is 6.42 Å².